The summed E-state index contributed by atoms with van der Waals surface area (Å²) in [6, 6.07) is 0. The average molecular weight is 279 g/mol. The lowest BCUT2D eigenvalue weighted by molar-refractivity contribution is 0.494. The third-order valence-corrected chi connectivity index (χ3v) is 5.78. The first-order valence-electron chi connectivity index (χ1n) is 7.64. The monoisotopic (exact) mass is 278 g/mol. The fourth-order valence-electron chi connectivity index (χ4n) is 3.66. The summed E-state index contributed by atoms with van der Waals surface area (Å²) in [5.74, 6) is 0.850. The van der Waals surface area contributed by atoms with Crippen LogP contribution in [-0.4, -0.2) is 0 Å². The highest BCUT2D eigenvalue weighted by molar-refractivity contribution is 6.21. The standard InChI is InChI=1S/C18H27Cl/c1-11-12(2)14(4)18(15(5)13(11)3)17(19)10-16-8-6-7-9-16/h16-17H,6-10H2,1-5H3. The Morgan fingerprint density at radius 3 is 1.74 bits per heavy atom. The van der Waals surface area contributed by atoms with Crippen LogP contribution >= 0.6 is 11.6 Å². The second kappa shape index (κ2) is 5.87. The molecule has 1 saturated carbocycles. The third-order valence-electron chi connectivity index (χ3n) is 5.39. The first-order valence-corrected chi connectivity index (χ1v) is 8.08. The highest BCUT2D eigenvalue weighted by atomic mass is 35.5. The van der Waals surface area contributed by atoms with Crippen LogP contribution in [0.15, 0.2) is 0 Å². The van der Waals surface area contributed by atoms with E-state index in [2.05, 4.69) is 34.6 Å². The van der Waals surface area contributed by atoms with Crippen LogP contribution in [0.4, 0.5) is 0 Å². The molecular formula is C18H27Cl. The van der Waals surface area contributed by atoms with Gasteiger partial charge in [0.15, 0.2) is 0 Å². The molecule has 0 saturated heterocycles. The van der Waals surface area contributed by atoms with E-state index in [0.717, 1.165) is 12.3 Å². The third kappa shape index (κ3) is 2.84. The molecule has 0 nitrogen and oxygen atoms in total. The molecule has 1 aromatic rings. The van der Waals surface area contributed by atoms with E-state index in [9.17, 15) is 0 Å². The van der Waals surface area contributed by atoms with E-state index in [-0.39, 0.29) is 5.38 Å². The second-order valence-corrected chi connectivity index (χ2v) is 6.92. The molecule has 2 rings (SSSR count). The molecule has 0 bridgehead atoms. The SMILES string of the molecule is Cc1c(C)c(C)c(C(Cl)CC2CCCC2)c(C)c1C. The Balaban J connectivity index is 2.32. The summed E-state index contributed by atoms with van der Waals surface area (Å²) in [6.07, 6.45) is 6.72. The van der Waals surface area contributed by atoms with Crippen LogP contribution in [0.25, 0.3) is 0 Å². The highest BCUT2D eigenvalue weighted by Gasteiger charge is 2.23. The number of rotatable bonds is 3. The molecule has 0 amide bonds. The Morgan fingerprint density at radius 2 is 1.26 bits per heavy atom. The molecule has 1 atom stereocenters. The lowest BCUT2D eigenvalue weighted by atomic mass is 9.85. The maximum Gasteiger partial charge on any atom is 0.0593 e. The zero-order valence-corrected chi connectivity index (χ0v) is 13.8. The molecule has 1 unspecified atom stereocenters. The van der Waals surface area contributed by atoms with Gasteiger partial charge in [0.05, 0.1) is 5.38 Å². The van der Waals surface area contributed by atoms with E-state index in [4.69, 9.17) is 11.6 Å². The fourth-order valence-corrected chi connectivity index (χ4v) is 4.23. The minimum absolute atomic E-state index is 0.195. The highest BCUT2D eigenvalue weighted by Crippen LogP contribution is 2.40. The summed E-state index contributed by atoms with van der Waals surface area (Å²) in [6.45, 7) is 11.2. The second-order valence-electron chi connectivity index (χ2n) is 6.39. The Morgan fingerprint density at radius 1 is 0.842 bits per heavy atom. The predicted molar refractivity (Wildman–Crippen MR) is 85.3 cm³/mol. The van der Waals surface area contributed by atoms with Crippen molar-refractivity contribution in [3.05, 3.63) is 33.4 Å². The molecule has 1 aliphatic rings. The van der Waals surface area contributed by atoms with Crippen molar-refractivity contribution in [3.8, 4) is 0 Å². The predicted octanol–water partition coefficient (Wildman–Crippen LogP) is 6.09. The topological polar surface area (TPSA) is 0 Å². The molecule has 0 radical (unpaired) electrons. The summed E-state index contributed by atoms with van der Waals surface area (Å²) in [5, 5.41) is 0.195. The lowest BCUT2D eigenvalue weighted by Gasteiger charge is -2.23. The van der Waals surface area contributed by atoms with Crippen LogP contribution in [0.5, 0.6) is 0 Å². The van der Waals surface area contributed by atoms with Gasteiger partial charge < -0.3 is 0 Å². The van der Waals surface area contributed by atoms with Crippen molar-refractivity contribution in [1.82, 2.24) is 0 Å². The van der Waals surface area contributed by atoms with Gasteiger partial charge in [-0.25, -0.2) is 0 Å². The van der Waals surface area contributed by atoms with Crippen molar-refractivity contribution in [1.29, 1.82) is 0 Å². The van der Waals surface area contributed by atoms with Crippen LogP contribution in [0.3, 0.4) is 0 Å². The Bertz CT molecular complexity index is 438. The van der Waals surface area contributed by atoms with Crippen LogP contribution in [0.1, 0.15) is 70.9 Å². The fraction of sp³-hybridized carbons (Fsp3) is 0.667. The van der Waals surface area contributed by atoms with E-state index >= 15 is 0 Å². The van der Waals surface area contributed by atoms with Crippen molar-refractivity contribution in [2.24, 2.45) is 5.92 Å². The minimum Gasteiger partial charge on any atom is -0.118 e. The van der Waals surface area contributed by atoms with Gasteiger partial charge in [-0.2, -0.15) is 0 Å². The molecule has 0 heterocycles. The minimum atomic E-state index is 0.195. The lowest BCUT2D eigenvalue weighted by Crippen LogP contribution is -2.07. The largest absolute Gasteiger partial charge is 0.118 e. The number of alkyl halides is 1. The quantitative estimate of drug-likeness (QED) is 0.587. The van der Waals surface area contributed by atoms with Crippen LogP contribution < -0.4 is 0 Å². The molecule has 106 valence electrons. The van der Waals surface area contributed by atoms with Gasteiger partial charge in [-0.3, -0.25) is 0 Å². The Labute approximate surface area is 123 Å². The summed E-state index contributed by atoms with van der Waals surface area (Å²) in [7, 11) is 0. The van der Waals surface area contributed by atoms with Crippen molar-refractivity contribution in [3.63, 3.8) is 0 Å². The van der Waals surface area contributed by atoms with E-state index in [0.29, 0.717) is 0 Å². The molecule has 0 spiro atoms. The van der Waals surface area contributed by atoms with Crippen molar-refractivity contribution in [2.75, 3.05) is 0 Å². The zero-order chi connectivity index (χ0) is 14.2. The van der Waals surface area contributed by atoms with Gasteiger partial charge in [0.2, 0.25) is 0 Å². The maximum absolute atomic E-state index is 6.79. The number of hydrogen-bond acceptors (Lipinski definition) is 0. The first-order chi connectivity index (χ1) is 8.93. The average Bonchev–Trinajstić information content (AvgIpc) is 2.87. The van der Waals surface area contributed by atoms with Gasteiger partial charge >= 0.3 is 0 Å². The van der Waals surface area contributed by atoms with Gasteiger partial charge in [-0.1, -0.05) is 25.7 Å². The van der Waals surface area contributed by atoms with Crippen LogP contribution in [0, 0.1) is 40.5 Å². The number of benzene rings is 1. The van der Waals surface area contributed by atoms with Crippen molar-refractivity contribution >= 4 is 11.6 Å². The van der Waals surface area contributed by atoms with E-state index in [1.54, 1.807) is 0 Å². The van der Waals surface area contributed by atoms with Gasteiger partial charge in [0.1, 0.15) is 0 Å². The summed E-state index contributed by atoms with van der Waals surface area (Å²) in [4.78, 5) is 0. The van der Waals surface area contributed by atoms with Gasteiger partial charge in [0, 0.05) is 0 Å². The maximum atomic E-state index is 6.79. The van der Waals surface area contributed by atoms with Gasteiger partial charge in [0.25, 0.3) is 0 Å². The molecule has 1 aromatic carbocycles. The summed E-state index contributed by atoms with van der Waals surface area (Å²) < 4.78 is 0. The molecule has 1 fully saturated rings. The van der Waals surface area contributed by atoms with Crippen molar-refractivity contribution in [2.45, 2.75) is 72.1 Å². The van der Waals surface area contributed by atoms with Crippen LogP contribution in [0.2, 0.25) is 0 Å². The van der Waals surface area contributed by atoms with Crippen LogP contribution in [-0.2, 0) is 0 Å². The Kier molecular flexibility index (Phi) is 4.61. The smallest absolute Gasteiger partial charge is 0.0593 e. The zero-order valence-electron chi connectivity index (χ0n) is 13.1. The van der Waals surface area contributed by atoms with Gasteiger partial charge in [-0.05, 0) is 80.3 Å². The van der Waals surface area contributed by atoms with E-state index in [1.807, 2.05) is 0 Å². The molecule has 1 heteroatoms. The van der Waals surface area contributed by atoms with E-state index < -0.39 is 0 Å². The van der Waals surface area contributed by atoms with Gasteiger partial charge in [-0.15, -0.1) is 11.6 Å². The summed E-state index contributed by atoms with van der Waals surface area (Å²) in [5.41, 5.74) is 8.53. The van der Waals surface area contributed by atoms with Crippen molar-refractivity contribution < 1.29 is 0 Å². The number of hydrogen-bond donors (Lipinski definition) is 0. The first kappa shape index (κ1) is 14.9. The number of halogens is 1. The molecular weight excluding hydrogens is 252 g/mol. The Hall–Kier alpha value is -0.490. The molecule has 19 heavy (non-hydrogen) atoms. The molecule has 0 aliphatic heterocycles. The molecule has 0 aromatic heterocycles. The normalized spacial score (nSPS) is 18.0. The molecule has 0 N–H and O–H groups in total. The summed E-state index contributed by atoms with van der Waals surface area (Å²) >= 11 is 6.79. The molecule has 1 aliphatic carbocycles. The van der Waals surface area contributed by atoms with E-state index in [1.165, 1.54) is 59.1 Å².